The lowest BCUT2D eigenvalue weighted by Gasteiger charge is -2.30. The summed E-state index contributed by atoms with van der Waals surface area (Å²) < 4.78 is 11.2. The second kappa shape index (κ2) is 6.20. The Hall–Kier alpha value is -1.08. The number of ether oxygens (including phenoxy) is 2. The van der Waals surface area contributed by atoms with Crippen LogP contribution in [0.15, 0.2) is 24.3 Å². The van der Waals surface area contributed by atoms with Crippen LogP contribution in [-0.2, 0) is 4.74 Å². The van der Waals surface area contributed by atoms with Gasteiger partial charge in [-0.1, -0.05) is 18.2 Å². The van der Waals surface area contributed by atoms with Crippen molar-refractivity contribution in [2.24, 2.45) is 0 Å². The maximum Gasteiger partial charge on any atom is 0.492 e. The quantitative estimate of drug-likeness (QED) is 0.677. The third-order valence-electron chi connectivity index (χ3n) is 2.96. The van der Waals surface area contributed by atoms with Crippen molar-refractivity contribution in [3.8, 4) is 5.75 Å². The molecule has 1 aromatic carbocycles. The maximum absolute atomic E-state index is 9.22. The first-order valence-corrected chi connectivity index (χ1v) is 6.05. The van der Waals surface area contributed by atoms with Gasteiger partial charge < -0.3 is 24.4 Å². The van der Waals surface area contributed by atoms with Gasteiger partial charge in [0.1, 0.15) is 18.5 Å². The molecule has 1 fully saturated rings. The molecular formula is C12H18BNO4. The second-order valence-electron chi connectivity index (χ2n) is 4.48. The van der Waals surface area contributed by atoms with Crippen LogP contribution in [0.5, 0.6) is 5.75 Å². The van der Waals surface area contributed by atoms with Crippen molar-refractivity contribution in [2.75, 3.05) is 33.4 Å². The minimum atomic E-state index is -1.52. The van der Waals surface area contributed by atoms with E-state index in [1.807, 2.05) is 7.05 Å². The zero-order valence-corrected chi connectivity index (χ0v) is 10.5. The molecule has 1 heterocycles. The predicted molar refractivity (Wildman–Crippen MR) is 69.0 cm³/mol. The summed E-state index contributed by atoms with van der Waals surface area (Å²) in [6.07, 6.45) is 0.0210. The van der Waals surface area contributed by atoms with Crippen LogP contribution in [-0.4, -0.2) is 61.5 Å². The van der Waals surface area contributed by atoms with E-state index in [2.05, 4.69) is 4.90 Å². The number of nitrogens with zero attached hydrogens (tertiary/aromatic N) is 1. The number of para-hydroxylation sites is 1. The van der Waals surface area contributed by atoms with Crippen LogP contribution in [0.3, 0.4) is 0 Å². The van der Waals surface area contributed by atoms with Gasteiger partial charge in [0.05, 0.1) is 6.61 Å². The topological polar surface area (TPSA) is 62.2 Å². The molecule has 5 nitrogen and oxygen atoms in total. The van der Waals surface area contributed by atoms with Crippen LogP contribution in [0.4, 0.5) is 0 Å². The van der Waals surface area contributed by atoms with E-state index in [0.29, 0.717) is 24.4 Å². The number of likely N-dealkylation sites (N-methyl/N-ethyl adjacent to an activating group) is 1. The SMILES string of the molecule is CN1CCOC(COc2ccccc2B(O)O)C1. The van der Waals surface area contributed by atoms with E-state index in [9.17, 15) is 10.0 Å². The lowest BCUT2D eigenvalue weighted by Crippen LogP contribution is -2.43. The number of rotatable bonds is 4. The fraction of sp³-hybridized carbons (Fsp3) is 0.500. The Morgan fingerprint density at radius 2 is 2.22 bits per heavy atom. The summed E-state index contributed by atoms with van der Waals surface area (Å²) >= 11 is 0. The highest BCUT2D eigenvalue weighted by molar-refractivity contribution is 6.59. The molecule has 0 aliphatic carbocycles. The average Bonchev–Trinajstić information content (AvgIpc) is 2.37. The molecule has 0 bridgehead atoms. The summed E-state index contributed by atoms with van der Waals surface area (Å²) in [5, 5.41) is 18.4. The first-order valence-electron chi connectivity index (χ1n) is 6.05. The molecule has 1 aliphatic heterocycles. The van der Waals surface area contributed by atoms with Gasteiger partial charge in [0.15, 0.2) is 0 Å². The van der Waals surface area contributed by atoms with Crippen LogP contribution in [0, 0.1) is 0 Å². The molecule has 2 rings (SSSR count). The zero-order valence-electron chi connectivity index (χ0n) is 10.5. The molecule has 1 saturated heterocycles. The van der Waals surface area contributed by atoms with E-state index >= 15 is 0 Å². The highest BCUT2D eigenvalue weighted by Crippen LogP contribution is 2.10. The maximum atomic E-state index is 9.22. The Morgan fingerprint density at radius 3 is 2.94 bits per heavy atom. The molecule has 1 atom stereocenters. The monoisotopic (exact) mass is 251 g/mol. The molecular weight excluding hydrogens is 233 g/mol. The van der Waals surface area contributed by atoms with E-state index in [4.69, 9.17) is 9.47 Å². The van der Waals surface area contributed by atoms with Gasteiger partial charge in [0, 0.05) is 18.6 Å². The van der Waals surface area contributed by atoms with Gasteiger partial charge in [-0.15, -0.1) is 0 Å². The Bertz CT molecular complexity index is 388. The van der Waals surface area contributed by atoms with E-state index in [0.717, 1.165) is 13.1 Å². The summed E-state index contributed by atoms with van der Waals surface area (Å²) in [4.78, 5) is 2.18. The normalized spacial score (nSPS) is 20.7. The molecule has 2 N–H and O–H groups in total. The smallest absolute Gasteiger partial charge is 0.491 e. The highest BCUT2D eigenvalue weighted by atomic mass is 16.5. The van der Waals surface area contributed by atoms with Gasteiger partial charge in [0.25, 0.3) is 0 Å². The molecule has 6 heteroatoms. The standard InChI is InChI=1S/C12H18BNO4/c1-14-6-7-17-10(8-14)9-18-12-5-3-2-4-11(12)13(15)16/h2-5,10,15-16H,6-9H2,1H3. The number of benzene rings is 1. The van der Waals surface area contributed by atoms with Crippen LogP contribution in [0.2, 0.25) is 0 Å². The lowest BCUT2D eigenvalue weighted by atomic mass is 9.79. The summed E-state index contributed by atoms with van der Waals surface area (Å²) in [5.74, 6) is 0.490. The minimum absolute atomic E-state index is 0.0210. The van der Waals surface area contributed by atoms with Gasteiger partial charge >= 0.3 is 7.12 Å². The first-order chi connectivity index (χ1) is 8.66. The minimum Gasteiger partial charge on any atom is -0.491 e. The van der Waals surface area contributed by atoms with Crippen LogP contribution >= 0.6 is 0 Å². The number of morpholine rings is 1. The van der Waals surface area contributed by atoms with E-state index in [1.165, 1.54) is 0 Å². The van der Waals surface area contributed by atoms with Crippen molar-refractivity contribution in [3.05, 3.63) is 24.3 Å². The molecule has 0 saturated carbocycles. The van der Waals surface area contributed by atoms with Gasteiger partial charge in [-0.3, -0.25) is 0 Å². The summed E-state index contributed by atoms with van der Waals surface area (Å²) in [6.45, 7) is 2.87. The third kappa shape index (κ3) is 3.46. The van der Waals surface area contributed by atoms with E-state index < -0.39 is 7.12 Å². The summed E-state index contributed by atoms with van der Waals surface area (Å²) in [7, 11) is 0.525. The Morgan fingerprint density at radius 1 is 1.44 bits per heavy atom. The van der Waals surface area contributed by atoms with Gasteiger partial charge in [0.2, 0.25) is 0 Å². The highest BCUT2D eigenvalue weighted by Gasteiger charge is 2.20. The Labute approximate surface area is 107 Å². The molecule has 1 aromatic rings. The summed E-state index contributed by atoms with van der Waals surface area (Å²) in [6, 6.07) is 6.90. The van der Waals surface area contributed by atoms with E-state index in [-0.39, 0.29) is 6.10 Å². The molecule has 18 heavy (non-hydrogen) atoms. The van der Waals surface area contributed by atoms with Crippen LogP contribution in [0.1, 0.15) is 0 Å². The van der Waals surface area contributed by atoms with Gasteiger partial charge in [-0.25, -0.2) is 0 Å². The fourth-order valence-corrected chi connectivity index (χ4v) is 1.98. The molecule has 1 unspecified atom stereocenters. The molecule has 0 spiro atoms. The molecule has 0 aromatic heterocycles. The van der Waals surface area contributed by atoms with E-state index in [1.54, 1.807) is 24.3 Å². The lowest BCUT2D eigenvalue weighted by molar-refractivity contribution is -0.0402. The molecule has 1 aliphatic rings. The van der Waals surface area contributed by atoms with Crippen LogP contribution < -0.4 is 10.2 Å². The van der Waals surface area contributed by atoms with Crippen LogP contribution in [0.25, 0.3) is 0 Å². The first kappa shape index (κ1) is 13.4. The zero-order chi connectivity index (χ0) is 13.0. The Kier molecular flexibility index (Phi) is 4.60. The Balaban J connectivity index is 1.93. The largest absolute Gasteiger partial charge is 0.492 e. The molecule has 98 valence electrons. The van der Waals surface area contributed by atoms with Gasteiger partial charge in [-0.05, 0) is 13.1 Å². The average molecular weight is 251 g/mol. The molecule has 0 amide bonds. The summed E-state index contributed by atoms with van der Waals surface area (Å²) in [5.41, 5.74) is 0.377. The number of hydrogen-bond donors (Lipinski definition) is 2. The van der Waals surface area contributed by atoms with Crippen molar-refractivity contribution in [1.82, 2.24) is 4.90 Å². The number of hydrogen-bond acceptors (Lipinski definition) is 5. The third-order valence-corrected chi connectivity index (χ3v) is 2.96. The van der Waals surface area contributed by atoms with Crippen molar-refractivity contribution >= 4 is 12.6 Å². The second-order valence-corrected chi connectivity index (χ2v) is 4.48. The fourth-order valence-electron chi connectivity index (χ4n) is 1.98. The van der Waals surface area contributed by atoms with Crippen molar-refractivity contribution in [1.29, 1.82) is 0 Å². The van der Waals surface area contributed by atoms with Crippen molar-refractivity contribution < 1.29 is 19.5 Å². The van der Waals surface area contributed by atoms with Crippen molar-refractivity contribution in [2.45, 2.75) is 6.10 Å². The predicted octanol–water partition coefficient (Wildman–Crippen LogP) is -0.924. The van der Waals surface area contributed by atoms with Crippen molar-refractivity contribution in [3.63, 3.8) is 0 Å². The molecule has 0 radical (unpaired) electrons. The van der Waals surface area contributed by atoms with Gasteiger partial charge in [-0.2, -0.15) is 0 Å².